The van der Waals surface area contributed by atoms with Crippen LogP contribution in [0.3, 0.4) is 0 Å². The number of hydrogen-bond acceptors (Lipinski definition) is 2. The summed E-state index contributed by atoms with van der Waals surface area (Å²) in [5, 5.41) is 0. The van der Waals surface area contributed by atoms with Crippen LogP contribution < -0.4 is 5.48 Å². The lowest BCUT2D eigenvalue weighted by Crippen LogP contribution is -2.33. The van der Waals surface area contributed by atoms with Crippen LogP contribution in [-0.2, 0) is 4.84 Å². The molecular weight excluding hydrogens is 102 g/mol. The number of rotatable bonds is 0. The van der Waals surface area contributed by atoms with Crippen molar-refractivity contribution in [3.63, 3.8) is 0 Å². The summed E-state index contributed by atoms with van der Waals surface area (Å²) >= 11 is 0. The van der Waals surface area contributed by atoms with Gasteiger partial charge in [-0.3, -0.25) is 0 Å². The zero-order valence-electron chi connectivity index (χ0n) is 4.94. The molecule has 0 atom stereocenters. The molecule has 1 spiro atoms. The van der Waals surface area contributed by atoms with Gasteiger partial charge in [0.2, 0.25) is 0 Å². The summed E-state index contributed by atoms with van der Waals surface area (Å²) in [5.74, 6) is 0. The molecule has 1 aliphatic carbocycles. The van der Waals surface area contributed by atoms with Crippen molar-refractivity contribution in [3.8, 4) is 0 Å². The predicted molar refractivity (Wildman–Crippen MR) is 30.2 cm³/mol. The summed E-state index contributed by atoms with van der Waals surface area (Å²) in [6.07, 6.45) is 4.16. The van der Waals surface area contributed by atoms with Gasteiger partial charge in [0.05, 0.1) is 6.61 Å². The average molecular weight is 113 g/mol. The van der Waals surface area contributed by atoms with Crippen molar-refractivity contribution in [1.29, 1.82) is 0 Å². The van der Waals surface area contributed by atoms with Gasteiger partial charge in [0.25, 0.3) is 0 Å². The molecule has 1 N–H and O–H groups in total. The largest absolute Gasteiger partial charge is 0.301 e. The van der Waals surface area contributed by atoms with Gasteiger partial charge in [0, 0.05) is 12.0 Å². The molecule has 2 fully saturated rings. The standard InChI is InChI=1S/C6H11NO/c1-2-6(3-1)4-7-8-5-6/h7H,1-5H2. The molecule has 0 aromatic carbocycles. The fraction of sp³-hybridized carbons (Fsp3) is 1.00. The topological polar surface area (TPSA) is 21.3 Å². The van der Waals surface area contributed by atoms with Crippen LogP contribution in [0.15, 0.2) is 0 Å². The SMILES string of the molecule is C1CC2(C1)CNOC2. The Labute approximate surface area is 49.2 Å². The van der Waals surface area contributed by atoms with E-state index in [1.165, 1.54) is 19.3 Å². The first-order valence-corrected chi connectivity index (χ1v) is 3.26. The average Bonchev–Trinajstić information content (AvgIpc) is 2.07. The highest BCUT2D eigenvalue weighted by Gasteiger charge is 2.40. The van der Waals surface area contributed by atoms with Crippen LogP contribution in [0.1, 0.15) is 19.3 Å². The fourth-order valence-electron chi connectivity index (χ4n) is 1.46. The van der Waals surface area contributed by atoms with Crippen molar-refractivity contribution in [2.75, 3.05) is 13.2 Å². The minimum absolute atomic E-state index is 0.583. The maximum Gasteiger partial charge on any atom is 0.0751 e. The summed E-state index contributed by atoms with van der Waals surface area (Å²) in [6, 6.07) is 0. The number of hydrogen-bond donors (Lipinski definition) is 1. The Morgan fingerprint density at radius 3 is 2.50 bits per heavy atom. The first kappa shape index (κ1) is 4.77. The summed E-state index contributed by atoms with van der Waals surface area (Å²) in [6.45, 7) is 2.04. The number of hydroxylamine groups is 1. The van der Waals surface area contributed by atoms with Gasteiger partial charge < -0.3 is 4.84 Å². The second-order valence-corrected chi connectivity index (χ2v) is 2.96. The molecule has 0 aromatic heterocycles. The third-order valence-electron chi connectivity index (χ3n) is 2.34. The Balaban J connectivity index is 2.01. The molecule has 46 valence electrons. The smallest absolute Gasteiger partial charge is 0.0751 e. The van der Waals surface area contributed by atoms with Crippen molar-refractivity contribution in [1.82, 2.24) is 5.48 Å². The minimum atomic E-state index is 0.583. The molecule has 8 heavy (non-hydrogen) atoms. The molecule has 2 heteroatoms. The lowest BCUT2D eigenvalue weighted by molar-refractivity contribution is 0.0614. The van der Waals surface area contributed by atoms with E-state index in [-0.39, 0.29) is 0 Å². The van der Waals surface area contributed by atoms with Crippen molar-refractivity contribution in [3.05, 3.63) is 0 Å². The molecular formula is C6H11NO. The summed E-state index contributed by atoms with van der Waals surface area (Å²) in [4.78, 5) is 5.05. The van der Waals surface area contributed by atoms with Gasteiger partial charge in [-0.1, -0.05) is 6.42 Å². The summed E-state index contributed by atoms with van der Waals surface area (Å²) in [5.41, 5.74) is 3.50. The number of nitrogens with one attached hydrogen (secondary N) is 1. The quantitative estimate of drug-likeness (QED) is 0.499. The third kappa shape index (κ3) is 0.501. The van der Waals surface area contributed by atoms with E-state index in [1.807, 2.05) is 0 Å². The zero-order valence-corrected chi connectivity index (χ0v) is 4.94. The highest BCUT2D eigenvalue weighted by atomic mass is 16.7. The Bertz CT molecular complexity index is 90.7. The van der Waals surface area contributed by atoms with Crippen molar-refractivity contribution < 1.29 is 4.84 Å². The zero-order chi connectivity index (χ0) is 5.45. The molecule has 2 rings (SSSR count). The molecule has 0 radical (unpaired) electrons. The van der Waals surface area contributed by atoms with E-state index >= 15 is 0 Å². The first-order valence-electron chi connectivity index (χ1n) is 3.26. The van der Waals surface area contributed by atoms with Crippen LogP contribution in [0.4, 0.5) is 0 Å². The van der Waals surface area contributed by atoms with Gasteiger partial charge >= 0.3 is 0 Å². The van der Waals surface area contributed by atoms with Crippen molar-refractivity contribution in [2.24, 2.45) is 5.41 Å². The Morgan fingerprint density at radius 2 is 2.25 bits per heavy atom. The molecule has 2 aliphatic rings. The first-order chi connectivity index (χ1) is 3.91. The van der Waals surface area contributed by atoms with Crippen LogP contribution >= 0.6 is 0 Å². The Morgan fingerprint density at radius 1 is 1.38 bits per heavy atom. The second kappa shape index (κ2) is 1.45. The maximum absolute atomic E-state index is 5.05. The van der Waals surface area contributed by atoms with Crippen LogP contribution in [0.2, 0.25) is 0 Å². The minimum Gasteiger partial charge on any atom is -0.301 e. The summed E-state index contributed by atoms with van der Waals surface area (Å²) in [7, 11) is 0. The molecule has 0 unspecified atom stereocenters. The van der Waals surface area contributed by atoms with Gasteiger partial charge in [-0.15, -0.1) is 0 Å². The molecule has 2 nitrogen and oxygen atoms in total. The van der Waals surface area contributed by atoms with E-state index in [2.05, 4.69) is 5.48 Å². The monoisotopic (exact) mass is 113 g/mol. The highest BCUT2D eigenvalue weighted by Crippen LogP contribution is 2.42. The Kier molecular flexibility index (Phi) is 0.866. The molecule has 1 saturated carbocycles. The van der Waals surface area contributed by atoms with Gasteiger partial charge in [0.1, 0.15) is 0 Å². The van der Waals surface area contributed by atoms with Crippen LogP contribution in [0, 0.1) is 5.41 Å². The van der Waals surface area contributed by atoms with E-state index < -0.39 is 0 Å². The predicted octanol–water partition coefficient (Wildman–Crippen LogP) is 0.692. The third-order valence-corrected chi connectivity index (χ3v) is 2.34. The molecule has 0 amide bonds. The summed E-state index contributed by atoms with van der Waals surface area (Å²) < 4.78 is 0. The van der Waals surface area contributed by atoms with Crippen molar-refractivity contribution >= 4 is 0 Å². The van der Waals surface area contributed by atoms with Gasteiger partial charge in [-0.05, 0) is 12.8 Å². The Hall–Kier alpha value is -0.0800. The lowest BCUT2D eigenvalue weighted by atomic mass is 9.70. The normalized spacial score (nSPS) is 33.0. The van der Waals surface area contributed by atoms with Crippen LogP contribution in [0.25, 0.3) is 0 Å². The molecule has 1 saturated heterocycles. The van der Waals surface area contributed by atoms with Gasteiger partial charge in [0.15, 0.2) is 0 Å². The maximum atomic E-state index is 5.05. The molecule has 1 aliphatic heterocycles. The molecule has 0 bridgehead atoms. The fourth-order valence-corrected chi connectivity index (χ4v) is 1.46. The molecule has 0 aromatic rings. The van der Waals surface area contributed by atoms with Crippen LogP contribution in [-0.4, -0.2) is 13.2 Å². The molecule has 1 heterocycles. The highest BCUT2D eigenvalue weighted by molar-refractivity contribution is 4.90. The van der Waals surface area contributed by atoms with Gasteiger partial charge in [-0.25, -0.2) is 5.48 Å². The van der Waals surface area contributed by atoms with E-state index in [9.17, 15) is 0 Å². The van der Waals surface area contributed by atoms with Gasteiger partial charge in [-0.2, -0.15) is 0 Å². The van der Waals surface area contributed by atoms with Crippen LogP contribution in [0.5, 0.6) is 0 Å². The van der Waals surface area contributed by atoms with E-state index in [0.29, 0.717) is 5.41 Å². The van der Waals surface area contributed by atoms with E-state index in [4.69, 9.17) is 4.84 Å². The van der Waals surface area contributed by atoms with E-state index in [0.717, 1.165) is 13.2 Å². The lowest BCUT2D eigenvalue weighted by Gasteiger charge is -2.35. The van der Waals surface area contributed by atoms with E-state index in [1.54, 1.807) is 0 Å². The second-order valence-electron chi connectivity index (χ2n) is 2.96. The van der Waals surface area contributed by atoms with Crippen molar-refractivity contribution in [2.45, 2.75) is 19.3 Å².